The summed E-state index contributed by atoms with van der Waals surface area (Å²) in [6.45, 7) is 7.75. The van der Waals surface area contributed by atoms with E-state index < -0.39 is 0 Å². The fraction of sp³-hybridized carbons (Fsp3) is 0.684. The Balaban J connectivity index is 1.32. The third-order valence-corrected chi connectivity index (χ3v) is 5.57. The number of carbonyl (C=O) groups excluding carboxylic acids is 1. The first-order valence-electron chi connectivity index (χ1n) is 9.92. The van der Waals surface area contributed by atoms with Gasteiger partial charge in [-0.1, -0.05) is 12.1 Å². The fourth-order valence-corrected chi connectivity index (χ4v) is 3.91. The van der Waals surface area contributed by atoms with Crippen molar-refractivity contribution >= 4 is 5.91 Å². The Morgan fingerprint density at radius 2 is 2.00 bits per heavy atom. The lowest BCUT2D eigenvalue weighted by Gasteiger charge is -2.40. The van der Waals surface area contributed by atoms with Gasteiger partial charge in [0.25, 0.3) is 0 Å². The molecule has 2 aromatic rings. The predicted octanol–water partition coefficient (Wildman–Crippen LogP) is 1.71. The zero-order valence-corrected chi connectivity index (χ0v) is 16.5. The average Bonchev–Trinajstić information content (AvgIpc) is 3.28. The van der Waals surface area contributed by atoms with Gasteiger partial charge in [0.15, 0.2) is 11.7 Å². The highest BCUT2D eigenvalue weighted by molar-refractivity contribution is 5.77. The Kier molecular flexibility index (Phi) is 5.45. The monoisotopic (exact) mass is 389 g/mol. The molecule has 1 amide bonds. The minimum atomic E-state index is -0.370. The largest absolute Gasteiger partial charge is 0.449 e. The van der Waals surface area contributed by atoms with Crippen LogP contribution in [0.2, 0.25) is 0 Å². The van der Waals surface area contributed by atoms with Crippen LogP contribution in [0.1, 0.15) is 49.5 Å². The molecule has 9 heteroatoms. The molecule has 2 fully saturated rings. The number of hydrogen-bond acceptors (Lipinski definition) is 8. The van der Waals surface area contributed by atoms with E-state index in [0.717, 1.165) is 43.9 Å². The minimum Gasteiger partial charge on any atom is -0.449 e. The van der Waals surface area contributed by atoms with Gasteiger partial charge in [-0.15, -0.1) is 0 Å². The quantitative estimate of drug-likeness (QED) is 0.762. The summed E-state index contributed by atoms with van der Waals surface area (Å²) in [5.74, 6) is 2.13. The molecule has 0 saturated carbocycles. The SMILES string of the molecule is CCc1noc(CN2CCC3(CC2)CC(=O)N(Cc2coc(C)n2)CCO3)n1. The van der Waals surface area contributed by atoms with E-state index in [0.29, 0.717) is 44.4 Å². The maximum absolute atomic E-state index is 12.8. The standard InChI is InChI=1S/C19H27N5O4/c1-3-16-21-17(28-22-16)12-23-6-4-19(5-7-23)10-18(25)24(8-9-27-19)11-15-13-26-14(2)20-15/h13H,3-12H2,1-2H3. The highest BCUT2D eigenvalue weighted by atomic mass is 16.5. The van der Waals surface area contributed by atoms with Gasteiger partial charge in [-0.25, -0.2) is 4.98 Å². The number of likely N-dealkylation sites (tertiary alicyclic amines) is 1. The zero-order chi connectivity index (χ0) is 19.6. The fourth-order valence-electron chi connectivity index (χ4n) is 3.91. The molecule has 1 spiro atoms. The third kappa shape index (κ3) is 4.25. The second-order valence-electron chi connectivity index (χ2n) is 7.62. The van der Waals surface area contributed by atoms with Crippen molar-refractivity contribution in [3.8, 4) is 0 Å². The molecule has 4 rings (SSSR count). The van der Waals surface area contributed by atoms with Crippen molar-refractivity contribution in [3.63, 3.8) is 0 Å². The van der Waals surface area contributed by atoms with E-state index in [1.54, 1.807) is 13.2 Å². The first-order valence-corrected chi connectivity index (χ1v) is 9.92. The molecule has 0 aromatic carbocycles. The van der Waals surface area contributed by atoms with Crippen LogP contribution in [0.4, 0.5) is 0 Å². The van der Waals surface area contributed by atoms with Crippen LogP contribution in [0.25, 0.3) is 0 Å². The van der Waals surface area contributed by atoms with Crippen LogP contribution in [-0.4, -0.2) is 62.7 Å². The molecule has 2 aliphatic heterocycles. The maximum atomic E-state index is 12.8. The summed E-state index contributed by atoms with van der Waals surface area (Å²) in [4.78, 5) is 25.6. The smallest absolute Gasteiger partial charge is 0.240 e. The lowest BCUT2D eigenvalue weighted by Crippen LogP contribution is -2.47. The van der Waals surface area contributed by atoms with Gasteiger partial charge in [0.1, 0.15) is 6.26 Å². The number of aromatic nitrogens is 3. The Morgan fingerprint density at radius 1 is 1.18 bits per heavy atom. The second kappa shape index (κ2) is 8.00. The number of piperidine rings is 1. The van der Waals surface area contributed by atoms with E-state index in [4.69, 9.17) is 13.7 Å². The van der Waals surface area contributed by atoms with Gasteiger partial charge in [-0.05, 0) is 12.8 Å². The third-order valence-electron chi connectivity index (χ3n) is 5.57. The summed E-state index contributed by atoms with van der Waals surface area (Å²) in [7, 11) is 0. The number of amides is 1. The summed E-state index contributed by atoms with van der Waals surface area (Å²) in [6, 6.07) is 0. The summed E-state index contributed by atoms with van der Waals surface area (Å²) < 4.78 is 16.8. The normalized spacial score (nSPS) is 20.6. The molecule has 0 radical (unpaired) electrons. The van der Waals surface area contributed by atoms with Gasteiger partial charge in [0.2, 0.25) is 11.8 Å². The van der Waals surface area contributed by atoms with Gasteiger partial charge in [0, 0.05) is 33.0 Å². The maximum Gasteiger partial charge on any atom is 0.240 e. The van der Waals surface area contributed by atoms with Crippen LogP contribution in [0.5, 0.6) is 0 Å². The number of hydrogen-bond donors (Lipinski definition) is 0. The molecule has 0 unspecified atom stereocenters. The van der Waals surface area contributed by atoms with Crippen LogP contribution in [-0.2, 0) is 29.0 Å². The molecule has 152 valence electrons. The molecule has 0 bridgehead atoms. The van der Waals surface area contributed by atoms with Crippen LogP contribution in [0.3, 0.4) is 0 Å². The molecule has 0 N–H and O–H groups in total. The molecule has 0 atom stereocenters. The van der Waals surface area contributed by atoms with Crippen LogP contribution in [0.15, 0.2) is 15.2 Å². The number of rotatable bonds is 5. The van der Waals surface area contributed by atoms with Crippen molar-refractivity contribution in [2.24, 2.45) is 0 Å². The van der Waals surface area contributed by atoms with Crippen LogP contribution >= 0.6 is 0 Å². The van der Waals surface area contributed by atoms with Gasteiger partial charge in [-0.2, -0.15) is 4.98 Å². The Morgan fingerprint density at radius 3 is 2.68 bits per heavy atom. The van der Waals surface area contributed by atoms with E-state index in [-0.39, 0.29) is 11.5 Å². The predicted molar refractivity (Wildman–Crippen MR) is 98.1 cm³/mol. The highest BCUT2D eigenvalue weighted by Gasteiger charge is 2.40. The van der Waals surface area contributed by atoms with Crippen molar-refractivity contribution in [1.29, 1.82) is 0 Å². The van der Waals surface area contributed by atoms with Crippen molar-refractivity contribution in [2.75, 3.05) is 26.2 Å². The van der Waals surface area contributed by atoms with Gasteiger partial charge in [-0.3, -0.25) is 9.69 Å². The first kappa shape index (κ1) is 19.1. The summed E-state index contributed by atoms with van der Waals surface area (Å²) in [6.07, 6.45) is 4.45. The van der Waals surface area contributed by atoms with Crippen molar-refractivity contribution in [3.05, 3.63) is 29.6 Å². The van der Waals surface area contributed by atoms with Crippen LogP contribution in [0, 0.1) is 6.92 Å². The van der Waals surface area contributed by atoms with Gasteiger partial charge in [0.05, 0.1) is 37.4 Å². The van der Waals surface area contributed by atoms with Gasteiger partial charge >= 0.3 is 0 Å². The molecule has 2 saturated heterocycles. The first-order chi connectivity index (χ1) is 13.5. The Hall–Kier alpha value is -2.26. The molecular weight excluding hydrogens is 362 g/mol. The Labute approximate surface area is 164 Å². The van der Waals surface area contributed by atoms with Crippen molar-refractivity contribution in [2.45, 2.75) is 58.2 Å². The van der Waals surface area contributed by atoms with E-state index in [2.05, 4.69) is 20.0 Å². The van der Waals surface area contributed by atoms with Crippen molar-refractivity contribution in [1.82, 2.24) is 24.9 Å². The van der Waals surface area contributed by atoms with E-state index in [9.17, 15) is 4.79 Å². The number of nitrogens with zero attached hydrogens (tertiary/aromatic N) is 5. The van der Waals surface area contributed by atoms with Crippen molar-refractivity contribution < 1.29 is 18.5 Å². The van der Waals surface area contributed by atoms with E-state index in [1.165, 1.54) is 0 Å². The average molecular weight is 389 g/mol. The number of oxazole rings is 1. The lowest BCUT2D eigenvalue weighted by atomic mass is 9.87. The summed E-state index contributed by atoms with van der Waals surface area (Å²) >= 11 is 0. The number of carbonyl (C=O) groups is 1. The molecule has 2 aliphatic rings. The Bertz CT molecular complexity index is 809. The molecule has 9 nitrogen and oxygen atoms in total. The topological polar surface area (TPSA) is 97.7 Å². The summed E-state index contributed by atoms with van der Waals surface area (Å²) in [5, 5.41) is 3.95. The molecular formula is C19H27N5O4. The van der Waals surface area contributed by atoms with E-state index >= 15 is 0 Å². The molecule has 2 aromatic heterocycles. The van der Waals surface area contributed by atoms with Crippen LogP contribution < -0.4 is 0 Å². The molecule has 28 heavy (non-hydrogen) atoms. The highest BCUT2D eigenvalue weighted by Crippen LogP contribution is 2.33. The zero-order valence-electron chi connectivity index (χ0n) is 16.5. The van der Waals surface area contributed by atoms with E-state index in [1.807, 2.05) is 11.8 Å². The number of ether oxygens (including phenoxy) is 1. The summed E-state index contributed by atoms with van der Waals surface area (Å²) in [5.41, 5.74) is 0.411. The lowest BCUT2D eigenvalue weighted by molar-refractivity contribution is -0.136. The second-order valence-corrected chi connectivity index (χ2v) is 7.62. The van der Waals surface area contributed by atoms with Gasteiger partial charge < -0.3 is 18.6 Å². The molecule has 0 aliphatic carbocycles. The minimum absolute atomic E-state index is 0.121. The molecule has 4 heterocycles. The number of aryl methyl sites for hydroxylation is 2.